The molecule has 2 aromatic heterocycles. The third-order valence-electron chi connectivity index (χ3n) is 5.76. The Morgan fingerprint density at radius 3 is 2.25 bits per heavy atom. The van der Waals surface area contributed by atoms with Crippen molar-refractivity contribution >= 4 is 23.0 Å². The van der Waals surface area contributed by atoms with E-state index in [2.05, 4.69) is 52.1 Å². The first-order valence-corrected chi connectivity index (χ1v) is 11.0. The maximum atomic E-state index is 6.01. The second kappa shape index (κ2) is 8.48. The Bertz CT molecular complexity index is 1220. The number of nitrogens with zero attached hydrogens (tertiary/aromatic N) is 3. The maximum absolute atomic E-state index is 6.01. The molecule has 32 heavy (non-hydrogen) atoms. The van der Waals surface area contributed by atoms with Gasteiger partial charge in [-0.15, -0.1) is 0 Å². The van der Waals surface area contributed by atoms with E-state index < -0.39 is 0 Å². The van der Waals surface area contributed by atoms with Crippen molar-refractivity contribution in [2.45, 2.75) is 19.0 Å². The lowest BCUT2D eigenvalue weighted by Crippen LogP contribution is -2.30. The molecule has 0 saturated carbocycles. The van der Waals surface area contributed by atoms with Crippen molar-refractivity contribution in [1.29, 1.82) is 0 Å². The zero-order valence-corrected chi connectivity index (χ0v) is 18.8. The van der Waals surface area contributed by atoms with E-state index in [1.165, 1.54) is 5.56 Å². The summed E-state index contributed by atoms with van der Waals surface area (Å²) in [4.78, 5) is 6.77. The van der Waals surface area contributed by atoms with Crippen molar-refractivity contribution in [1.82, 2.24) is 14.9 Å². The second-order valence-corrected chi connectivity index (χ2v) is 8.34. The van der Waals surface area contributed by atoms with Crippen LogP contribution in [0.4, 0.5) is 5.69 Å². The minimum absolute atomic E-state index is 0.0266. The van der Waals surface area contributed by atoms with Crippen molar-refractivity contribution in [2.24, 2.45) is 7.05 Å². The standard InChI is InChI=1S/C26H24N4OS/c1-18-8-12-20(13-9-18)31-21-14-10-19(11-15-21)30-25(23-7-5-17-29(23)2)24(28-26(30)32)22-6-3-4-16-27-22/h3-17,24-25H,1-2H3,(H,28,32)/t24-,25-/m1/s1. The number of aryl methyl sites for hydroxylation is 2. The summed E-state index contributed by atoms with van der Waals surface area (Å²) in [6.45, 7) is 2.06. The molecule has 2 aromatic carbocycles. The van der Waals surface area contributed by atoms with Crippen LogP contribution in [0, 0.1) is 6.92 Å². The first-order chi connectivity index (χ1) is 15.6. The van der Waals surface area contributed by atoms with Gasteiger partial charge < -0.3 is 19.5 Å². The van der Waals surface area contributed by atoms with Crippen LogP contribution in [0.3, 0.4) is 0 Å². The van der Waals surface area contributed by atoms with Crippen LogP contribution in [0.2, 0.25) is 0 Å². The highest BCUT2D eigenvalue weighted by Gasteiger charge is 2.41. The lowest BCUT2D eigenvalue weighted by molar-refractivity contribution is 0.482. The van der Waals surface area contributed by atoms with Gasteiger partial charge in [0.1, 0.15) is 17.5 Å². The van der Waals surface area contributed by atoms with Crippen molar-refractivity contribution in [3.8, 4) is 11.5 Å². The van der Waals surface area contributed by atoms with Crippen molar-refractivity contribution in [3.05, 3.63) is 108 Å². The first-order valence-electron chi connectivity index (χ1n) is 10.6. The molecule has 6 heteroatoms. The smallest absolute Gasteiger partial charge is 0.174 e. The number of nitrogens with one attached hydrogen (secondary N) is 1. The van der Waals surface area contributed by atoms with Crippen LogP contribution in [-0.2, 0) is 7.05 Å². The topological polar surface area (TPSA) is 42.3 Å². The van der Waals surface area contributed by atoms with Gasteiger partial charge in [0.15, 0.2) is 5.11 Å². The van der Waals surface area contributed by atoms with E-state index in [-0.39, 0.29) is 12.1 Å². The van der Waals surface area contributed by atoms with E-state index in [1.54, 1.807) is 0 Å². The van der Waals surface area contributed by atoms with Gasteiger partial charge in [0.2, 0.25) is 0 Å². The molecule has 1 fully saturated rings. The monoisotopic (exact) mass is 440 g/mol. The lowest BCUT2D eigenvalue weighted by Gasteiger charge is -2.28. The summed E-state index contributed by atoms with van der Waals surface area (Å²) in [6.07, 6.45) is 3.88. The molecule has 2 atom stereocenters. The summed E-state index contributed by atoms with van der Waals surface area (Å²) in [5.74, 6) is 1.60. The van der Waals surface area contributed by atoms with E-state index in [0.717, 1.165) is 28.6 Å². The van der Waals surface area contributed by atoms with Gasteiger partial charge in [0, 0.05) is 30.8 Å². The number of aromatic nitrogens is 2. The second-order valence-electron chi connectivity index (χ2n) is 7.95. The molecule has 0 amide bonds. The zero-order chi connectivity index (χ0) is 22.1. The largest absolute Gasteiger partial charge is 0.457 e. The molecule has 1 aliphatic rings. The molecule has 0 aliphatic carbocycles. The summed E-state index contributed by atoms with van der Waals surface area (Å²) < 4.78 is 8.14. The van der Waals surface area contributed by atoms with Gasteiger partial charge in [-0.2, -0.15) is 0 Å². The number of ether oxygens (including phenoxy) is 1. The summed E-state index contributed by atoms with van der Waals surface area (Å²) >= 11 is 5.79. The number of rotatable bonds is 5. The number of pyridine rings is 1. The van der Waals surface area contributed by atoms with Gasteiger partial charge in [-0.05, 0) is 79.8 Å². The highest BCUT2D eigenvalue weighted by molar-refractivity contribution is 7.80. The van der Waals surface area contributed by atoms with E-state index in [9.17, 15) is 0 Å². The Kier molecular flexibility index (Phi) is 5.37. The predicted octanol–water partition coefficient (Wildman–Crippen LogP) is 5.70. The van der Waals surface area contributed by atoms with Crippen LogP contribution >= 0.6 is 12.2 Å². The molecule has 0 unspecified atom stereocenters. The van der Waals surface area contributed by atoms with Crippen molar-refractivity contribution in [3.63, 3.8) is 0 Å². The quantitative estimate of drug-likeness (QED) is 0.403. The SMILES string of the molecule is Cc1ccc(Oc2ccc(N3C(=S)N[C@H](c4ccccn4)[C@H]3c3cccn3C)cc2)cc1. The molecule has 4 aromatic rings. The molecule has 160 valence electrons. The fraction of sp³-hybridized carbons (Fsp3) is 0.154. The van der Waals surface area contributed by atoms with Crippen LogP contribution in [-0.4, -0.2) is 14.7 Å². The summed E-state index contributed by atoms with van der Waals surface area (Å²) in [6, 6.07) is 26.2. The van der Waals surface area contributed by atoms with Gasteiger partial charge in [-0.25, -0.2) is 0 Å². The van der Waals surface area contributed by atoms with Gasteiger partial charge >= 0.3 is 0 Å². The molecule has 3 heterocycles. The van der Waals surface area contributed by atoms with Gasteiger partial charge in [0.25, 0.3) is 0 Å². The van der Waals surface area contributed by atoms with E-state index in [1.807, 2.05) is 72.9 Å². The Hall–Kier alpha value is -3.64. The lowest BCUT2D eigenvalue weighted by atomic mass is 10.0. The first kappa shape index (κ1) is 20.3. The molecule has 5 nitrogen and oxygen atoms in total. The van der Waals surface area contributed by atoms with Crippen LogP contribution in [0.25, 0.3) is 0 Å². The normalized spacial score (nSPS) is 17.9. The number of hydrogen-bond acceptors (Lipinski definition) is 3. The highest BCUT2D eigenvalue weighted by atomic mass is 32.1. The van der Waals surface area contributed by atoms with Gasteiger partial charge in [-0.1, -0.05) is 23.8 Å². The molecule has 5 rings (SSSR count). The Morgan fingerprint density at radius 2 is 1.62 bits per heavy atom. The van der Waals surface area contributed by atoms with Crippen molar-refractivity contribution in [2.75, 3.05) is 4.90 Å². The van der Waals surface area contributed by atoms with Crippen molar-refractivity contribution < 1.29 is 4.74 Å². The summed E-state index contributed by atoms with van der Waals surface area (Å²) in [7, 11) is 2.06. The number of benzene rings is 2. The van der Waals surface area contributed by atoms with Crippen LogP contribution in [0.1, 0.15) is 29.0 Å². The van der Waals surface area contributed by atoms with Gasteiger partial charge in [0.05, 0.1) is 11.7 Å². The fourth-order valence-corrected chi connectivity index (χ4v) is 4.48. The number of hydrogen-bond donors (Lipinski definition) is 1. The molecular weight excluding hydrogens is 416 g/mol. The molecule has 0 radical (unpaired) electrons. The zero-order valence-electron chi connectivity index (χ0n) is 18.0. The maximum Gasteiger partial charge on any atom is 0.174 e. The third kappa shape index (κ3) is 3.85. The summed E-state index contributed by atoms with van der Waals surface area (Å²) in [5.41, 5.74) is 4.33. The van der Waals surface area contributed by atoms with Crippen LogP contribution < -0.4 is 15.0 Å². The average molecular weight is 441 g/mol. The molecular formula is C26H24N4OS. The molecule has 0 spiro atoms. The Labute approximate surface area is 193 Å². The fourth-order valence-electron chi connectivity index (χ4n) is 4.13. The van der Waals surface area contributed by atoms with E-state index in [4.69, 9.17) is 17.0 Å². The van der Waals surface area contributed by atoms with Crippen LogP contribution in [0.5, 0.6) is 11.5 Å². The molecule has 1 saturated heterocycles. The minimum atomic E-state index is -0.0548. The highest BCUT2D eigenvalue weighted by Crippen LogP contribution is 2.41. The average Bonchev–Trinajstić information content (AvgIpc) is 3.39. The Morgan fingerprint density at radius 1 is 0.906 bits per heavy atom. The Balaban J connectivity index is 1.47. The van der Waals surface area contributed by atoms with Crippen LogP contribution in [0.15, 0.2) is 91.3 Å². The number of anilines is 1. The van der Waals surface area contributed by atoms with E-state index >= 15 is 0 Å². The van der Waals surface area contributed by atoms with E-state index in [0.29, 0.717) is 5.11 Å². The predicted molar refractivity (Wildman–Crippen MR) is 131 cm³/mol. The number of thiocarbonyl (C=S) groups is 1. The van der Waals surface area contributed by atoms with Gasteiger partial charge in [-0.3, -0.25) is 4.98 Å². The summed E-state index contributed by atoms with van der Waals surface area (Å²) in [5, 5.41) is 4.17. The minimum Gasteiger partial charge on any atom is -0.457 e. The molecule has 0 bridgehead atoms. The third-order valence-corrected chi connectivity index (χ3v) is 6.07. The molecule has 1 aliphatic heterocycles. The molecule has 1 N–H and O–H groups in total.